The first kappa shape index (κ1) is 20.8. The van der Waals surface area contributed by atoms with E-state index in [0.717, 1.165) is 17.1 Å². The van der Waals surface area contributed by atoms with Crippen molar-refractivity contribution in [3.05, 3.63) is 36.8 Å². The molecule has 5 N–H and O–H groups in total. The van der Waals surface area contributed by atoms with Crippen molar-refractivity contribution in [2.24, 2.45) is 0 Å². The minimum Gasteiger partial charge on any atom is -0.408 e. The molecule has 0 amide bonds. The first-order chi connectivity index (χ1) is 9.36. The third kappa shape index (κ3) is 7.04. The Labute approximate surface area is 128 Å². The molecule has 0 rings (SSSR count). The van der Waals surface area contributed by atoms with Crippen LogP contribution in [-0.4, -0.2) is 59.0 Å². The van der Waals surface area contributed by atoms with Crippen LogP contribution in [-0.2, 0) is 12.3 Å². The molecule has 1 atom stereocenters. The van der Waals surface area contributed by atoms with E-state index in [1.807, 2.05) is 0 Å². The lowest BCUT2D eigenvalue weighted by Gasteiger charge is -2.38. The second-order valence-electron chi connectivity index (χ2n) is 4.33. The van der Waals surface area contributed by atoms with Gasteiger partial charge in [0.15, 0.2) is 0 Å². The molecule has 0 aromatic carbocycles. The van der Waals surface area contributed by atoms with Crippen LogP contribution in [0.15, 0.2) is 36.8 Å². The van der Waals surface area contributed by atoms with Gasteiger partial charge in [-0.1, -0.05) is 25.8 Å². The average molecular weight is 371 g/mol. The Morgan fingerprint density at radius 3 is 1.43 bits per heavy atom. The van der Waals surface area contributed by atoms with Crippen LogP contribution < -0.4 is 0 Å². The summed E-state index contributed by atoms with van der Waals surface area (Å²) in [5.41, 5.74) is 2.76. The van der Waals surface area contributed by atoms with E-state index in [-0.39, 0.29) is 6.04 Å². The molecule has 0 saturated carbocycles. The summed E-state index contributed by atoms with van der Waals surface area (Å²) in [6.45, 7) is 12.7. The molecule has 0 aliphatic heterocycles. The summed E-state index contributed by atoms with van der Waals surface area (Å²) < 4.78 is 15.6. The van der Waals surface area contributed by atoms with Crippen molar-refractivity contribution >= 4 is 35.0 Å². The van der Waals surface area contributed by atoms with Gasteiger partial charge in [0.05, 0.1) is 0 Å². The van der Waals surface area contributed by atoms with Gasteiger partial charge < -0.3 is 36.3 Å². The fourth-order valence-electron chi connectivity index (χ4n) is 1.18. The molecule has 0 heterocycles. The SMILES string of the molecule is C=C[Si](C)(O)O[Si](CC)(O[Si](O)(O)C=C)O[Si](O)(O)C=C. The van der Waals surface area contributed by atoms with Crippen molar-refractivity contribution < 1.29 is 36.3 Å². The van der Waals surface area contributed by atoms with E-state index in [1.54, 1.807) is 0 Å². The van der Waals surface area contributed by atoms with Gasteiger partial charge in [0.25, 0.3) is 0 Å². The smallest absolute Gasteiger partial charge is 0.408 e. The molecule has 0 aromatic rings. The Kier molecular flexibility index (Phi) is 7.27. The predicted octanol–water partition coefficient (Wildman–Crippen LogP) is -0.918. The second-order valence-corrected chi connectivity index (χ2v) is 14.8. The molecule has 0 aromatic heterocycles. The van der Waals surface area contributed by atoms with Crippen molar-refractivity contribution in [2.45, 2.75) is 19.5 Å². The topological polar surface area (TPSA) is 129 Å². The Morgan fingerprint density at radius 2 is 1.19 bits per heavy atom. The van der Waals surface area contributed by atoms with Crippen LogP contribution in [0.4, 0.5) is 0 Å². The maximum absolute atomic E-state index is 10.1. The van der Waals surface area contributed by atoms with E-state index in [2.05, 4.69) is 19.7 Å². The van der Waals surface area contributed by atoms with Crippen LogP contribution in [0.1, 0.15) is 6.92 Å². The first-order valence-corrected chi connectivity index (χ1v) is 14.1. The molecule has 0 fully saturated rings. The molecule has 8 nitrogen and oxygen atoms in total. The molecule has 0 aliphatic carbocycles. The van der Waals surface area contributed by atoms with Crippen molar-refractivity contribution in [3.8, 4) is 0 Å². The highest BCUT2D eigenvalue weighted by molar-refractivity contribution is 6.87. The van der Waals surface area contributed by atoms with Crippen molar-refractivity contribution in [1.29, 1.82) is 0 Å². The monoisotopic (exact) mass is 370 g/mol. The summed E-state index contributed by atoms with van der Waals surface area (Å²) in [6.07, 6.45) is 0. The fourth-order valence-corrected chi connectivity index (χ4v) is 11.7. The van der Waals surface area contributed by atoms with E-state index in [0.29, 0.717) is 0 Å². The van der Waals surface area contributed by atoms with Gasteiger partial charge in [-0.3, -0.25) is 0 Å². The molecule has 0 bridgehead atoms. The van der Waals surface area contributed by atoms with Crippen LogP contribution in [0.3, 0.4) is 0 Å². The van der Waals surface area contributed by atoms with Gasteiger partial charge in [0.1, 0.15) is 0 Å². The lowest BCUT2D eigenvalue weighted by molar-refractivity contribution is 0.133. The van der Waals surface area contributed by atoms with E-state index in [4.69, 9.17) is 12.3 Å². The summed E-state index contributed by atoms with van der Waals surface area (Å²) in [5.74, 6) is 0. The molecule has 12 heteroatoms. The van der Waals surface area contributed by atoms with Gasteiger partial charge in [-0.05, 0) is 17.9 Å². The Hall–Kier alpha value is -0.232. The summed E-state index contributed by atoms with van der Waals surface area (Å²) in [4.78, 5) is 48.8. The highest BCUT2D eigenvalue weighted by Gasteiger charge is 2.55. The predicted molar refractivity (Wildman–Crippen MR) is 84.3 cm³/mol. The van der Waals surface area contributed by atoms with E-state index in [9.17, 15) is 24.0 Å². The van der Waals surface area contributed by atoms with Gasteiger partial charge in [-0.2, -0.15) is 0 Å². The van der Waals surface area contributed by atoms with Crippen LogP contribution in [0.2, 0.25) is 12.6 Å². The Bertz CT molecular complexity index is 342. The van der Waals surface area contributed by atoms with E-state index in [1.165, 1.54) is 13.5 Å². The maximum atomic E-state index is 10.1. The quantitative estimate of drug-likeness (QED) is 0.312. The van der Waals surface area contributed by atoms with Crippen LogP contribution in [0.25, 0.3) is 0 Å². The lowest BCUT2D eigenvalue weighted by Crippen LogP contribution is -2.64. The van der Waals surface area contributed by atoms with Crippen LogP contribution in [0.5, 0.6) is 0 Å². The molecule has 0 radical (unpaired) electrons. The molecule has 122 valence electrons. The Morgan fingerprint density at radius 1 is 0.810 bits per heavy atom. The van der Waals surface area contributed by atoms with E-state index < -0.39 is 35.0 Å². The summed E-state index contributed by atoms with van der Waals surface area (Å²) >= 11 is 0. The van der Waals surface area contributed by atoms with E-state index >= 15 is 0 Å². The summed E-state index contributed by atoms with van der Waals surface area (Å²) in [6, 6.07) is -0.0442. The number of hydrogen-bond acceptors (Lipinski definition) is 8. The number of hydrogen-bond donors (Lipinski definition) is 5. The van der Waals surface area contributed by atoms with Crippen molar-refractivity contribution in [1.82, 2.24) is 0 Å². The van der Waals surface area contributed by atoms with Gasteiger partial charge >= 0.3 is 35.0 Å². The maximum Gasteiger partial charge on any atom is 0.516 e. The third-order valence-electron chi connectivity index (χ3n) is 2.32. The third-order valence-corrected chi connectivity index (χ3v) is 12.8. The zero-order valence-electron chi connectivity index (χ0n) is 12.0. The average Bonchev–Trinajstić information content (AvgIpc) is 2.37. The standard InChI is InChI=1S/C9H22O8Si4/c1-6-18(5,10)15-21(9-4,16-19(11,12)7-2)17-20(13,14)8-3/h6-8,10-14H,1-3,9H2,4-5H3. The normalized spacial score (nSPS) is 16.1. The second kappa shape index (κ2) is 7.35. The zero-order chi connectivity index (χ0) is 16.9. The molecule has 1 unspecified atom stereocenters. The number of rotatable bonds is 10. The highest BCUT2D eigenvalue weighted by atomic mass is 28.5. The minimum atomic E-state index is -4.34. The lowest BCUT2D eigenvalue weighted by atomic mass is 11.0. The molecule has 21 heavy (non-hydrogen) atoms. The van der Waals surface area contributed by atoms with Crippen molar-refractivity contribution in [2.75, 3.05) is 0 Å². The van der Waals surface area contributed by atoms with Gasteiger partial charge in [-0.25, -0.2) is 0 Å². The first-order valence-electron chi connectivity index (χ1n) is 5.99. The molecule has 0 saturated heterocycles. The highest BCUT2D eigenvalue weighted by Crippen LogP contribution is 2.25. The van der Waals surface area contributed by atoms with Gasteiger partial charge in [0, 0.05) is 6.04 Å². The summed E-state index contributed by atoms with van der Waals surface area (Å²) in [5, 5.41) is 0. The van der Waals surface area contributed by atoms with Crippen LogP contribution >= 0.6 is 0 Å². The molecule has 0 aliphatic rings. The Balaban J connectivity index is 5.63. The van der Waals surface area contributed by atoms with Gasteiger partial charge in [0.2, 0.25) is 0 Å². The summed E-state index contributed by atoms with van der Waals surface area (Å²) in [7, 11) is -16.2. The molecule has 0 spiro atoms. The molecular weight excluding hydrogens is 348 g/mol. The fraction of sp³-hybridized carbons (Fsp3) is 0.333. The van der Waals surface area contributed by atoms with Crippen LogP contribution in [0, 0.1) is 0 Å². The minimum absolute atomic E-state index is 0.0442. The largest absolute Gasteiger partial charge is 0.516 e. The van der Waals surface area contributed by atoms with Gasteiger partial charge in [-0.15, -0.1) is 6.58 Å². The molecular formula is C9H22O8Si4. The van der Waals surface area contributed by atoms with Crippen molar-refractivity contribution in [3.63, 3.8) is 0 Å². The zero-order valence-corrected chi connectivity index (χ0v) is 16.0.